The molecule has 33 heavy (non-hydrogen) atoms. The third-order valence-electron chi connectivity index (χ3n) is 5.50. The van der Waals surface area contributed by atoms with E-state index in [4.69, 9.17) is 0 Å². The van der Waals surface area contributed by atoms with E-state index in [1.165, 1.54) is 23.9 Å². The molecule has 2 aromatic carbocycles. The van der Waals surface area contributed by atoms with Gasteiger partial charge >= 0.3 is 0 Å². The monoisotopic (exact) mass is 471 g/mol. The van der Waals surface area contributed by atoms with Crippen molar-refractivity contribution in [1.29, 1.82) is 0 Å². The van der Waals surface area contributed by atoms with E-state index in [0.717, 1.165) is 23.1 Å². The van der Waals surface area contributed by atoms with E-state index in [0.29, 0.717) is 18.7 Å². The summed E-state index contributed by atoms with van der Waals surface area (Å²) in [6.07, 6.45) is 1.34. The predicted octanol–water partition coefficient (Wildman–Crippen LogP) is 4.86. The van der Waals surface area contributed by atoms with E-state index in [1.807, 2.05) is 52.0 Å². The molecule has 0 spiro atoms. The number of hydrogen-bond acceptors (Lipinski definition) is 5. The maximum atomic E-state index is 13.2. The highest BCUT2D eigenvalue weighted by atomic mass is 32.2. The molecule has 7 nitrogen and oxygen atoms in total. The van der Waals surface area contributed by atoms with Crippen LogP contribution in [0.3, 0.4) is 0 Å². The smallest absolute Gasteiger partial charge is 0.269 e. The number of aryl methyl sites for hydroxylation is 1. The molecule has 2 amide bonds. The Morgan fingerprint density at radius 3 is 2.18 bits per heavy atom. The van der Waals surface area contributed by atoms with Gasteiger partial charge in [-0.1, -0.05) is 55.8 Å². The van der Waals surface area contributed by atoms with Crippen molar-refractivity contribution in [3.63, 3.8) is 0 Å². The molecular formula is C25H33N3O4S. The Kier molecular flexibility index (Phi) is 10.4. The zero-order valence-electron chi connectivity index (χ0n) is 19.7. The largest absolute Gasteiger partial charge is 0.352 e. The lowest BCUT2D eigenvalue weighted by molar-refractivity contribution is -0.384. The Morgan fingerprint density at radius 1 is 1.03 bits per heavy atom. The van der Waals surface area contributed by atoms with Gasteiger partial charge in [-0.05, 0) is 37.8 Å². The highest BCUT2D eigenvalue weighted by molar-refractivity contribution is 7.99. The predicted molar refractivity (Wildman–Crippen MR) is 133 cm³/mol. The number of non-ortho nitro benzene ring substituents is 1. The van der Waals surface area contributed by atoms with Gasteiger partial charge in [-0.15, -0.1) is 11.8 Å². The van der Waals surface area contributed by atoms with Crippen LogP contribution in [-0.2, 0) is 21.9 Å². The summed E-state index contributed by atoms with van der Waals surface area (Å²) in [5.41, 5.74) is 3.06. The number of carbonyl (C=O) groups is 2. The molecule has 2 atom stereocenters. The topological polar surface area (TPSA) is 92.6 Å². The van der Waals surface area contributed by atoms with Crippen LogP contribution in [0.5, 0.6) is 0 Å². The van der Waals surface area contributed by atoms with E-state index in [9.17, 15) is 19.7 Å². The standard InChI is InChI=1S/C25H33N3O4S/c1-5-19(4)26-25(30)23(6-2)27(15-20-9-7-18(3)8-10-20)24(29)17-33-16-21-11-13-22(14-12-21)28(31)32/h7-14,19,23H,5-6,15-17H2,1-4H3,(H,26,30). The summed E-state index contributed by atoms with van der Waals surface area (Å²) >= 11 is 1.44. The molecule has 178 valence electrons. The normalized spacial score (nSPS) is 12.6. The number of carbonyl (C=O) groups excluding carboxylic acids is 2. The van der Waals surface area contributed by atoms with Crippen molar-refractivity contribution in [3.8, 4) is 0 Å². The van der Waals surface area contributed by atoms with Crippen molar-refractivity contribution >= 4 is 29.3 Å². The minimum absolute atomic E-state index is 0.0411. The second-order valence-electron chi connectivity index (χ2n) is 8.17. The molecule has 0 saturated carbocycles. The van der Waals surface area contributed by atoms with Gasteiger partial charge in [-0.3, -0.25) is 19.7 Å². The molecule has 8 heteroatoms. The third kappa shape index (κ3) is 8.20. The first kappa shape index (κ1) is 26.4. The average molecular weight is 472 g/mol. The molecule has 0 aromatic heterocycles. The van der Waals surface area contributed by atoms with Gasteiger partial charge in [0.25, 0.3) is 5.69 Å². The number of amides is 2. The molecule has 0 heterocycles. The summed E-state index contributed by atoms with van der Waals surface area (Å²) in [5, 5.41) is 13.8. The molecule has 0 saturated heterocycles. The SMILES string of the molecule is CCC(C)NC(=O)C(CC)N(Cc1ccc(C)cc1)C(=O)CSCc1ccc([N+](=O)[O-])cc1. The summed E-state index contributed by atoms with van der Waals surface area (Å²) in [5.74, 6) is 0.537. The second kappa shape index (κ2) is 13.0. The number of nitrogens with one attached hydrogen (secondary N) is 1. The van der Waals surface area contributed by atoms with Gasteiger partial charge in [0.05, 0.1) is 10.7 Å². The number of hydrogen-bond donors (Lipinski definition) is 1. The van der Waals surface area contributed by atoms with Crippen LogP contribution in [0.1, 0.15) is 50.3 Å². The Bertz CT molecular complexity index is 932. The summed E-state index contributed by atoms with van der Waals surface area (Å²) in [4.78, 5) is 38.2. The van der Waals surface area contributed by atoms with Gasteiger partial charge in [0.1, 0.15) is 6.04 Å². The van der Waals surface area contributed by atoms with Crippen molar-refractivity contribution < 1.29 is 14.5 Å². The Balaban J connectivity index is 2.11. The van der Waals surface area contributed by atoms with E-state index in [-0.39, 0.29) is 29.3 Å². The Hall–Kier alpha value is -2.87. The van der Waals surface area contributed by atoms with Gasteiger partial charge in [-0.25, -0.2) is 0 Å². The summed E-state index contributed by atoms with van der Waals surface area (Å²) in [6.45, 7) is 8.26. The summed E-state index contributed by atoms with van der Waals surface area (Å²) < 4.78 is 0. The van der Waals surface area contributed by atoms with Crippen LogP contribution in [0.15, 0.2) is 48.5 Å². The van der Waals surface area contributed by atoms with Gasteiger partial charge < -0.3 is 10.2 Å². The number of thioether (sulfide) groups is 1. The van der Waals surface area contributed by atoms with E-state index in [1.54, 1.807) is 17.0 Å². The van der Waals surface area contributed by atoms with Crippen LogP contribution >= 0.6 is 11.8 Å². The van der Waals surface area contributed by atoms with Crippen LogP contribution in [0, 0.1) is 17.0 Å². The molecule has 0 aliphatic carbocycles. The van der Waals surface area contributed by atoms with Crippen molar-refractivity contribution in [3.05, 3.63) is 75.3 Å². The van der Waals surface area contributed by atoms with E-state index >= 15 is 0 Å². The minimum atomic E-state index is -0.548. The molecule has 2 rings (SSSR count). The summed E-state index contributed by atoms with van der Waals surface area (Å²) in [6, 6.07) is 13.8. The zero-order chi connectivity index (χ0) is 24.4. The summed E-state index contributed by atoms with van der Waals surface area (Å²) in [7, 11) is 0. The molecule has 0 bridgehead atoms. The van der Waals surface area contributed by atoms with Crippen LogP contribution in [0.4, 0.5) is 5.69 Å². The first-order valence-electron chi connectivity index (χ1n) is 11.2. The molecule has 0 radical (unpaired) electrons. The van der Waals surface area contributed by atoms with Gasteiger partial charge in [-0.2, -0.15) is 0 Å². The first-order valence-corrected chi connectivity index (χ1v) is 12.4. The lowest BCUT2D eigenvalue weighted by Crippen LogP contribution is -2.51. The van der Waals surface area contributed by atoms with E-state index < -0.39 is 11.0 Å². The van der Waals surface area contributed by atoms with Crippen LogP contribution in [-0.4, -0.2) is 39.5 Å². The molecule has 1 N–H and O–H groups in total. The average Bonchev–Trinajstić information content (AvgIpc) is 2.80. The van der Waals surface area contributed by atoms with Crippen molar-refractivity contribution in [1.82, 2.24) is 10.2 Å². The number of nitrogens with zero attached hydrogens (tertiary/aromatic N) is 2. The number of rotatable bonds is 12. The number of nitro benzene ring substituents is 1. The zero-order valence-corrected chi connectivity index (χ0v) is 20.6. The fourth-order valence-electron chi connectivity index (χ4n) is 3.30. The van der Waals surface area contributed by atoms with Gasteiger partial charge in [0, 0.05) is 30.5 Å². The quantitative estimate of drug-likeness (QED) is 0.353. The van der Waals surface area contributed by atoms with Crippen molar-refractivity contribution in [2.24, 2.45) is 0 Å². The minimum Gasteiger partial charge on any atom is -0.352 e. The van der Waals surface area contributed by atoms with Crippen LogP contribution < -0.4 is 5.32 Å². The number of benzene rings is 2. The molecule has 0 aliphatic heterocycles. The van der Waals surface area contributed by atoms with Crippen molar-refractivity contribution in [2.45, 2.75) is 64.9 Å². The third-order valence-corrected chi connectivity index (χ3v) is 6.49. The molecule has 2 aromatic rings. The highest BCUT2D eigenvalue weighted by Gasteiger charge is 2.29. The maximum Gasteiger partial charge on any atom is 0.269 e. The van der Waals surface area contributed by atoms with Crippen LogP contribution in [0.2, 0.25) is 0 Å². The Morgan fingerprint density at radius 2 is 1.64 bits per heavy atom. The van der Waals surface area contributed by atoms with Gasteiger partial charge in [0.15, 0.2) is 0 Å². The Labute approximate surface area is 200 Å². The van der Waals surface area contributed by atoms with E-state index in [2.05, 4.69) is 5.32 Å². The first-order chi connectivity index (χ1) is 15.7. The van der Waals surface area contributed by atoms with Gasteiger partial charge in [0.2, 0.25) is 11.8 Å². The fraction of sp³-hybridized carbons (Fsp3) is 0.440. The molecule has 0 fully saturated rings. The van der Waals surface area contributed by atoms with Crippen molar-refractivity contribution in [2.75, 3.05) is 5.75 Å². The molecular weight excluding hydrogens is 438 g/mol. The molecule has 2 unspecified atom stereocenters. The highest BCUT2D eigenvalue weighted by Crippen LogP contribution is 2.19. The fourth-order valence-corrected chi connectivity index (χ4v) is 4.17. The lowest BCUT2D eigenvalue weighted by atomic mass is 10.1. The van der Waals surface area contributed by atoms with Crippen LogP contribution in [0.25, 0.3) is 0 Å². The molecule has 0 aliphatic rings. The second-order valence-corrected chi connectivity index (χ2v) is 9.15. The number of nitro groups is 1. The maximum absolute atomic E-state index is 13.2. The lowest BCUT2D eigenvalue weighted by Gasteiger charge is -2.31.